The molecule has 0 radical (unpaired) electrons. The van der Waals surface area contributed by atoms with E-state index in [1.165, 1.54) is 6.07 Å². The second-order valence-electron chi connectivity index (χ2n) is 13.7. The minimum absolute atomic E-state index is 0.417. The maximum atomic E-state index is 11.5. The topological polar surface area (TPSA) is 197 Å². The van der Waals surface area contributed by atoms with Gasteiger partial charge in [-0.2, -0.15) is 0 Å². The van der Waals surface area contributed by atoms with Crippen LogP contribution in [0, 0.1) is 13.1 Å². The minimum atomic E-state index is -1.43. The van der Waals surface area contributed by atoms with Crippen molar-refractivity contribution >= 4 is 84.9 Å². The number of nitrogen functional groups attached to an aromatic ring is 2. The van der Waals surface area contributed by atoms with Gasteiger partial charge in [0.25, 0.3) is 0 Å². The third kappa shape index (κ3) is 10.1. The van der Waals surface area contributed by atoms with Crippen molar-refractivity contribution in [3.8, 4) is 11.1 Å². The highest BCUT2D eigenvalue weighted by Crippen LogP contribution is 2.35. The zero-order valence-corrected chi connectivity index (χ0v) is 33.6. The largest absolute Gasteiger partial charge is 0.488 e. The van der Waals surface area contributed by atoms with Crippen LogP contribution in [0.15, 0.2) is 150 Å². The van der Waals surface area contributed by atoms with Gasteiger partial charge >= 0.3 is 7.12 Å². The van der Waals surface area contributed by atoms with Gasteiger partial charge < -0.3 is 42.1 Å². The summed E-state index contributed by atoms with van der Waals surface area (Å²) in [5.74, 6) is -0.872. The smallest absolute Gasteiger partial charge is 0.423 e. The second-order valence-corrected chi connectivity index (χ2v) is 14.6. The molecular weight excluding hydrogens is 819 g/mol. The van der Waals surface area contributed by atoms with E-state index in [2.05, 4.69) is 41.0 Å². The number of fused-ring (bicyclic) bond motifs is 2. The molecule has 0 aliphatic rings. The van der Waals surface area contributed by atoms with E-state index >= 15 is 0 Å². The van der Waals surface area contributed by atoms with Gasteiger partial charge in [0.1, 0.15) is 0 Å². The standard InChI is InChI=1S/C23H18N4O.C17H12BrN3O.C6H8BNO2/c1-26-19-8-9-22-20(12-19)21(16-5-3-7-18(24)11-16)14-27(22)13-15-4-2-6-17(10-15)23(25)28;1-20-13-5-6-16-14(8-13)15(18)10-21(16)9-11-3-2-4-12(7-11)17(19)22;8-6-3-1-2-5(4-6)7(9)10/h2-12,14H,13,24H2,(H2,25,28);2-8,10H,9H2,(H2,19,22);1-4,9-10H,8H2. The van der Waals surface area contributed by atoms with Crippen LogP contribution in [0.25, 0.3) is 42.6 Å². The Kier molecular flexibility index (Phi) is 13.1. The van der Waals surface area contributed by atoms with E-state index in [1.54, 1.807) is 42.5 Å². The van der Waals surface area contributed by atoms with Crippen LogP contribution in [0.4, 0.5) is 22.7 Å². The lowest BCUT2D eigenvalue weighted by atomic mass is 9.80. The lowest BCUT2D eigenvalue weighted by Crippen LogP contribution is -2.29. The van der Waals surface area contributed by atoms with E-state index in [0.717, 1.165) is 48.5 Å². The van der Waals surface area contributed by atoms with Gasteiger partial charge in [0.2, 0.25) is 11.8 Å². The zero-order valence-electron chi connectivity index (χ0n) is 32.0. The molecule has 60 heavy (non-hydrogen) atoms. The molecule has 8 aromatic rings. The Labute approximate surface area is 354 Å². The van der Waals surface area contributed by atoms with E-state index in [9.17, 15) is 9.59 Å². The number of nitrogens with zero attached hydrogens (tertiary/aromatic N) is 4. The molecule has 8 rings (SSSR count). The molecular formula is C46H38BBrN8O4. The molecule has 2 heterocycles. The van der Waals surface area contributed by atoms with E-state index in [-0.39, 0.29) is 0 Å². The maximum absolute atomic E-state index is 11.5. The van der Waals surface area contributed by atoms with Gasteiger partial charge in [0.15, 0.2) is 11.4 Å². The molecule has 0 saturated heterocycles. The summed E-state index contributed by atoms with van der Waals surface area (Å²) in [6.07, 6.45) is 4.04. The summed E-state index contributed by atoms with van der Waals surface area (Å²) in [5, 5.41) is 19.3. The molecule has 14 heteroatoms. The first kappa shape index (κ1) is 42.0. The predicted octanol–water partition coefficient (Wildman–Crippen LogP) is 7.64. The number of hydrogen-bond acceptors (Lipinski definition) is 6. The van der Waals surface area contributed by atoms with Crippen LogP contribution in [0.2, 0.25) is 0 Å². The Hall–Kier alpha value is -7.62. The number of hydrogen-bond donors (Lipinski definition) is 6. The number of anilines is 2. The van der Waals surface area contributed by atoms with Crippen LogP contribution in [0.5, 0.6) is 0 Å². The summed E-state index contributed by atoms with van der Waals surface area (Å²) in [7, 11) is -1.43. The molecule has 10 N–H and O–H groups in total. The number of benzene rings is 6. The van der Waals surface area contributed by atoms with Gasteiger partial charge in [-0.25, -0.2) is 9.69 Å². The number of carbonyl (C=O) groups is 2. The summed E-state index contributed by atoms with van der Waals surface area (Å²) in [6, 6.07) is 40.1. The first-order valence-corrected chi connectivity index (χ1v) is 19.1. The van der Waals surface area contributed by atoms with Crippen molar-refractivity contribution < 1.29 is 19.6 Å². The number of primary amides is 2. The molecule has 6 aromatic carbocycles. The molecule has 0 atom stereocenters. The van der Waals surface area contributed by atoms with Gasteiger partial charge in [0, 0.05) is 74.4 Å². The SMILES string of the molecule is Nc1cccc(B(O)O)c1.[C-]#[N+]c1ccc2c(c1)c(-c1cccc(N)c1)cn2Cc1cccc(C(N)=O)c1.[C-]#[N+]c1ccc2c(c1)c(Br)cn2Cc1cccc(C(N)=O)c1. The van der Waals surface area contributed by atoms with Crippen molar-refractivity contribution in [3.05, 3.63) is 195 Å². The van der Waals surface area contributed by atoms with Crippen molar-refractivity contribution in [2.75, 3.05) is 11.5 Å². The van der Waals surface area contributed by atoms with E-state index in [0.29, 0.717) is 52.4 Å². The molecule has 296 valence electrons. The highest BCUT2D eigenvalue weighted by Gasteiger charge is 2.14. The highest BCUT2D eigenvalue weighted by atomic mass is 79.9. The summed E-state index contributed by atoms with van der Waals surface area (Å²) < 4.78 is 5.13. The fourth-order valence-corrected chi connectivity index (χ4v) is 7.19. The summed E-state index contributed by atoms with van der Waals surface area (Å²) in [5.41, 5.74) is 31.9. The highest BCUT2D eigenvalue weighted by molar-refractivity contribution is 9.10. The number of rotatable bonds is 8. The maximum Gasteiger partial charge on any atom is 0.488 e. The summed E-state index contributed by atoms with van der Waals surface area (Å²) in [4.78, 5) is 29.8. The fourth-order valence-electron chi connectivity index (χ4n) is 6.62. The molecule has 12 nitrogen and oxygen atoms in total. The average Bonchev–Trinajstić information content (AvgIpc) is 3.76. The van der Waals surface area contributed by atoms with Crippen LogP contribution < -0.4 is 28.4 Å². The monoisotopic (exact) mass is 856 g/mol. The van der Waals surface area contributed by atoms with Crippen LogP contribution in [-0.2, 0) is 13.1 Å². The van der Waals surface area contributed by atoms with Gasteiger partial charge in [-0.15, -0.1) is 0 Å². The Morgan fingerprint density at radius 3 is 1.62 bits per heavy atom. The van der Waals surface area contributed by atoms with Crippen LogP contribution in [-0.4, -0.2) is 38.1 Å². The molecule has 0 aliphatic carbocycles. The molecule has 0 saturated carbocycles. The first-order chi connectivity index (χ1) is 28.8. The van der Waals surface area contributed by atoms with E-state index in [4.69, 9.17) is 46.1 Å². The molecule has 0 unspecified atom stereocenters. The quantitative estimate of drug-likeness (QED) is 0.0516. The Morgan fingerprint density at radius 1 is 0.617 bits per heavy atom. The van der Waals surface area contributed by atoms with Crippen LogP contribution in [0.3, 0.4) is 0 Å². The van der Waals surface area contributed by atoms with Crippen molar-refractivity contribution in [1.82, 2.24) is 9.13 Å². The normalized spacial score (nSPS) is 10.4. The van der Waals surface area contributed by atoms with Crippen molar-refractivity contribution in [3.63, 3.8) is 0 Å². The second kappa shape index (κ2) is 18.8. The Morgan fingerprint density at radius 2 is 1.12 bits per heavy atom. The third-order valence-corrected chi connectivity index (χ3v) is 10.1. The van der Waals surface area contributed by atoms with Crippen molar-refractivity contribution in [2.24, 2.45) is 11.5 Å². The molecule has 0 bridgehead atoms. The molecule has 2 aromatic heterocycles. The number of aromatic nitrogens is 2. The van der Waals surface area contributed by atoms with E-state index < -0.39 is 18.9 Å². The first-order valence-electron chi connectivity index (χ1n) is 18.3. The lowest BCUT2D eigenvalue weighted by Gasteiger charge is -2.07. The van der Waals surface area contributed by atoms with Crippen molar-refractivity contribution in [2.45, 2.75) is 13.1 Å². The molecule has 0 spiro atoms. The Bertz CT molecular complexity index is 2960. The van der Waals surface area contributed by atoms with Crippen LogP contribution in [0.1, 0.15) is 31.8 Å². The number of nitrogens with two attached hydrogens (primary N) is 4. The molecule has 2 amide bonds. The fraction of sp³-hybridized carbons (Fsp3) is 0.0435. The van der Waals surface area contributed by atoms with Gasteiger partial charge in [0.05, 0.1) is 13.1 Å². The molecule has 0 fully saturated rings. The van der Waals surface area contributed by atoms with E-state index in [1.807, 2.05) is 91.1 Å². The van der Waals surface area contributed by atoms with Crippen molar-refractivity contribution in [1.29, 1.82) is 0 Å². The number of halogens is 1. The zero-order chi connectivity index (χ0) is 42.9. The number of carbonyl (C=O) groups excluding carboxylic acids is 2. The average molecular weight is 858 g/mol. The lowest BCUT2D eigenvalue weighted by molar-refractivity contribution is 0.0991. The van der Waals surface area contributed by atoms with Crippen LogP contribution >= 0.6 is 15.9 Å². The summed E-state index contributed by atoms with van der Waals surface area (Å²) >= 11 is 3.53. The Balaban J connectivity index is 0.000000167. The number of amides is 2. The molecule has 0 aliphatic heterocycles. The van der Waals surface area contributed by atoms with Gasteiger partial charge in [-0.05, 0) is 116 Å². The third-order valence-electron chi connectivity index (χ3n) is 9.47. The summed E-state index contributed by atoms with van der Waals surface area (Å²) in [6.45, 7) is 15.6. The predicted molar refractivity (Wildman–Crippen MR) is 243 cm³/mol. The minimum Gasteiger partial charge on any atom is -0.423 e. The van der Waals surface area contributed by atoms with Gasteiger partial charge in [-0.3, -0.25) is 9.59 Å². The van der Waals surface area contributed by atoms with Gasteiger partial charge in [-0.1, -0.05) is 60.7 Å².